The molecule has 1 unspecified atom stereocenters. The molecule has 2 amide bonds. The molecular weight excluding hydrogens is 972 g/mol. The first-order chi connectivity index (χ1) is 33.4. The minimum Gasteiger partial charge on any atom is -0.394 e. The summed E-state index contributed by atoms with van der Waals surface area (Å²) in [5, 5.41) is 176. The predicted molar refractivity (Wildman–Crippen MR) is 220 cm³/mol. The minimum absolute atomic E-state index is 0.793. The molecule has 0 aromatic carbocycles. The van der Waals surface area contributed by atoms with Gasteiger partial charge in [-0.2, -0.15) is 0 Å². The van der Waals surface area contributed by atoms with E-state index in [2.05, 4.69) is 10.6 Å². The molecule has 6 saturated heterocycles. The summed E-state index contributed by atoms with van der Waals surface area (Å²) in [4.78, 5) is 25.1. The Morgan fingerprint density at radius 1 is 0.394 bits per heavy atom. The van der Waals surface area contributed by atoms with E-state index in [0.29, 0.717) is 0 Å². The van der Waals surface area contributed by atoms with Crippen molar-refractivity contribution in [1.29, 1.82) is 0 Å². The molecule has 6 aliphatic rings. The van der Waals surface area contributed by atoms with Crippen molar-refractivity contribution in [2.45, 2.75) is 212 Å². The van der Waals surface area contributed by atoms with E-state index < -0.39 is 222 Å². The zero-order chi connectivity index (χ0) is 52.5. The van der Waals surface area contributed by atoms with Crippen LogP contribution in [-0.4, -0.2) is 304 Å². The van der Waals surface area contributed by atoms with Gasteiger partial charge in [0.1, 0.15) is 134 Å². The summed E-state index contributed by atoms with van der Waals surface area (Å²) in [6.07, 6.45) is -50.3. The van der Waals surface area contributed by atoms with E-state index in [1.165, 1.54) is 13.8 Å². The molecule has 0 aromatic heterocycles. The highest BCUT2D eigenvalue weighted by Gasteiger charge is 2.57. The Morgan fingerprint density at radius 2 is 0.761 bits per heavy atom. The third-order valence-electron chi connectivity index (χ3n) is 13.1. The standard InChI is InChI=1S/C40H68N2O29/c1-9-19(48)25(54)29(58)37(62-9)70-33-27(56)21(50)13(5-43)66-39(33)68-31-17(41-11(3)46)35(60)64-16(24(31)53)8-61-36-18(42-12(4)47)32(23(52)15(7-45)65-36)69-40-34(28(57)22(51)14(6-44)67-40)71-38-30(59)26(55)20(49)10(2)63-38/h9-10,13-40,43-45,48-60H,5-8H2,1-4H3,(H,41,46)(H,42,47)/t9-,10-,13+,14+,15+,16+,17+,18+,19+,20+,21-,22-,23+,24-,25+,26+,27-,28-,29-,30-,31+,32+,33+,34+,35?,36+,37-,38-,39-,40-/m0/s1. The molecule has 412 valence electrons. The predicted octanol–water partition coefficient (Wildman–Crippen LogP) is -11.8. The Labute approximate surface area is 403 Å². The van der Waals surface area contributed by atoms with Crippen LogP contribution in [0.5, 0.6) is 0 Å². The Kier molecular flexibility index (Phi) is 20.2. The Hall–Kier alpha value is -2.14. The van der Waals surface area contributed by atoms with Crippen molar-refractivity contribution in [1.82, 2.24) is 10.6 Å². The van der Waals surface area contributed by atoms with E-state index in [1.807, 2.05) is 0 Å². The largest absolute Gasteiger partial charge is 0.394 e. The average Bonchev–Trinajstić information content (AvgIpc) is 3.32. The second-order valence-corrected chi connectivity index (χ2v) is 18.2. The van der Waals surface area contributed by atoms with Gasteiger partial charge in [-0.25, -0.2) is 0 Å². The fraction of sp³-hybridized carbons (Fsp3) is 0.950. The summed E-state index contributed by atoms with van der Waals surface area (Å²) in [7, 11) is 0. The van der Waals surface area contributed by atoms with Gasteiger partial charge in [-0.3, -0.25) is 9.59 Å². The van der Waals surface area contributed by atoms with Crippen LogP contribution in [0.4, 0.5) is 0 Å². The van der Waals surface area contributed by atoms with Crippen LogP contribution >= 0.6 is 0 Å². The van der Waals surface area contributed by atoms with Gasteiger partial charge in [0, 0.05) is 13.8 Å². The second kappa shape index (κ2) is 24.7. The highest BCUT2D eigenvalue weighted by Crippen LogP contribution is 2.36. The van der Waals surface area contributed by atoms with Crippen molar-refractivity contribution in [3.63, 3.8) is 0 Å². The molecule has 71 heavy (non-hydrogen) atoms. The zero-order valence-corrected chi connectivity index (χ0v) is 38.6. The van der Waals surface area contributed by atoms with E-state index in [9.17, 15) is 91.3 Å². The lowest BCUT2D eigenvalue weighted by atomic mass is 9.94. The van der Waals surface area contributed by atoms with Crippen molar-refractivity contribution in [2.75, 3.05) is 26.4 Å². The fourth-order valence-corrected chi connectivity index (χ4v) is 9.06. The molecule has 0 aromatic rings. The van der Waals surface area contributed by atoms with E-state index in [1.54, 1.807) is 0 Å². The lowest BCUT2D eigenvalue weighted by Gasteiger charge is -2.50. The molecule has 0 spiro atoms. The Balaban J connectivity index is 1.25. The molecule has 0 bridgehead atoms. The van der Waals surface area contributed by atoms with Crippen molar-refractivity contribution >= 4 is 11.8 Å². The molecule has 0 saturated carbocycles. The van der Waals surface area contributed by atoms with Crippen LogP contribution in [0, 0.1) is 0 Å². The average molecular weight is 1040 g/mol. The van der Waals surface area contributed by atoms with E-state index in [4.69, 9.17) is 52.1 Å². The van der Waals surface area contributed by atoms with Gasteiger partial charge in [-0.15, -0.1) is 0 Å². The fourth-order valence-electron chi connectivity index (χ4n) is 9.06. The Bertz CT molecular complexity index is 1710. The lowest BCUT2D eigenvalue weighted by Crippen LogP contribution is -2.70. The van der Waals surface area contributed by atoms with Gasteiger partial charge >= 0.3 is 0 Å². The van der Waals surface area contributed by atoms with Gasteiger partial charge in [-0.05, 0) is 13.8 Å². The molecule has 0 aliphatic carbocycles. The number of hydrogen-bond acceptors (Lipinski definition) is 29. The summed E-state index contributed by atoms with van der Waals surface area (Å²) >= 11 is 0. The first-order valence-electron chi connectivity index (χ1n) is 22.8. The third-order valence-corrected chi connectivity index (χ3v) is 13.1. The van der Waals surface area contributed by atoms with Gasteiger partial charge in [-0.1, -0.05) is 0 Å². The number of aliphatic hydroxyl groups excluding tert-OH is 16. The van der Waals surface area contributed by atoms with E-state index in [0.717, 1.165) is 13.8 Å². The van der Waals surface area contributed by atoms with Crippen LogP contribution in [0.3, 0.4) is 0 Å². The van der Waals surface area contributed by atoms with E-state index >= 15 is 0 Å². The van der Waals surface area contributed by atoms with Crippen LogP contribution < -0.4 is 10.6 Å². The monoisotopic (exact) mass is 1040 g/mol. The molecule has 6 fully saturated rings. The number of carbonyl (C=O) groups excluding carboxylic acids is 2. The first-order valence-corrected chi connectivity index (χ1v) is 22.8. The molecule has 6 rings (SSSR count). The maximum absolute atomic E-state index is 12.7. The molecule has 18 N–H and O–H groups in total. The smallest absolute Gasteiger partial charge is 0.217 e. The van der Waals surface area contributed by atoms with Crippen LogP contribution in [0.25, 0.3) is 0 Å². The van der Waals surface area contributed by atoms with Crippen molar-refractivity contribution < 1.29 is 143 Å². The molecule has 31 heteroatoms. The van der Waals surface area contributed by atoms with Crippen LogP contribution in [-0.2, 0) is 61.7 Å². The maximum atomic E-state index is 12.7. The van der Waals surface area contributed by atoms with Crippen molar-refractivity contribution in [2.24, 2.45) is 0 Å². The first kappa shape index (κ1) is 58.1. The van der Waals surface area contributed by atoms with Gasteiger partial charge < -0.3 is 144 Å². The SMILES string of the molecule is CC(=O)N[C@H]1[C@H](OC[C@H]2OC(O)[C@H](NC(C)=O)[C@@H](O[C@@H]3O[C@H](CO)[C@H](O)[C@H](O)[C@H]3O[C@@H]3O[C@@H](C)[C@@H](O)[C@@H](O)[C@@H]3O)[C@H]2O)O[C@H](CO)[C@@H](O)[C@@H]1O[C@@H]1O[C@H](CO)[C@H](O)[C@H](O)[C@H]1O[C@@H]1O[C@@H](C)[C@@H](O)[C@@H](O)[C@@H]1O. The van der Waals surface area contributed by atoms with Gasteiger partial charge in [0.05, 0.1) is 38.6 Å². The molecule has 0 radical (unpaired) electrons. The number of nitrogens with one attached hydrogen (secondary N) is 2. The normalized spacial score (nSPS) is 50.8. The van der Waals surface area contributed by atoms with Gasteiger partial charge in [0.15, 0.2) is 37.7 Å². The minimum atomic E-state index is -2.07. The summed E-state index contributed by atoms with van der Waals surface area (Å²) in [5.41, 5.74) is 0. The summed E-state index contributed by atoms with van der Waals surface area (Å²) in [5.74, 6) is -1.60. The number of carbonyl (C=O) groups is 2. The number of amides is 2. The maximum Gasteiger partial charge on any atom is 0.217 e. The lowest BCUT2D eigenvalue weighted by molar-refractivity contribution is -0.384. The van der Waals surface area contributed by atoms with Gasteiger partial charge in [0.2, 0.25) is 11.8 Å². The van der Waals surface area contributed by atoms with Crippen LogP contribution in [0.1, 0.15) is 27.7 Å². The second-order valence-electron chi connectivity index (χ2n) is 18.2. The van der Waals surface area contributed by atoms with Crippen LogP contribution in [0.2, 0.25) is 0 Å². The quantitative estimate of drug-likeness (QED) is 0.0682. The zero-order valence-electron chi connectivity index (χ0n) is 38.6. The highest BCUT2D eigenvalue weighted by atomic mass is 16.8. The summed E-state index contributed by atoms with van der Waals surface area (Å²) in [6, 6.07) is -3.35. The number of hydrogen-bond donors (Lipinski definition) is 18. The summed E-state index contributed by atoms with van der Waals surface area (Å²) < 4.78 is 63.5. The van der Waals surface area contributed by atoms with E-state index in [-0.39, 0.29) is 0 Å². The molecule has 6 aliphatic heterocycles. The number of ether oxygens (including phenoxy) is 11. The van der Waals surface area contributed by atoms with Gasteiger partial charge in [0.25, 0.3) is 0 Å². The summed E-state index contributed by atoms with van der Waals surface area (Å²) in [6.45, 7) is 1.06. The topological polar surface area (TPSA) is 483 Å². The molecule has 6 heterocycles. The van der Waals surface area contributed by atoms with Crippen LogP contribution in [0.15, 0.2) is 0 Å². The number of aliphatic hydroxyl groups is 16. The molecule has 30 atom stereocenters. The highest BCUT2D eigenvalue weighted by molar-refractivity contribution is 5.73. The molecule has 31 nitrogen and oxygen atoms in total. The van der Waals surface area contributed by atoms with Crippen molar-refractivity contribution in [3.8, 4) is 0 Å². The number of rotatable bonds is 16. The van der Waals surface area contributed by atoms with Crippen molar-refractivity contribution in [3.05, 3.63) is 0 Å². The molecular formula is C40H68N2O29. The third kappa shape index (κ3) is 12.6. The Morgan fingerprint density at radius 3 is 1.18 bits per heavy atom.